The minimum absolute atomic E-state index is 0.00976. The molecule has 6 heteroatoms. The lowest BCUT2D eigenvalue weighted by Gasteiger charge is -2.32. The summed E-state index contributed by atoms with van der Waals surface area (Å²) >= 11 is 0. The molecular formula is C18H27N3O3. The van der Waals surface area contributed by atoms with Crippen molar-refractivity contribution in [1.29, 1.82) is 0 Å². The maximum Gasteiger partial charge on any atom is 0.315 e. The number of urea groups is 1. The fourth-order valence-corrected chi connectivity index (χ4v) is 2.62. The number of nitrogens with zero attached hydrogens (tertiary/aromatic N) is 1. The third kappa shape index (κ3) is 5.76. The van der Waals surface area contributed by atoms with Gasteiger partial charge in [0.05, 0.1) is 0 Å². The first-order chi connectivity index (χ1) is 11.6. The van der Waals surface area contributed by atoms with E-state index in [1.807, 2.05) is 38.1 Å². The third-order valence-electron chi connectivity index (χ3n) is 4.10. The molecule has 6 nitrogen and oxygen atoms in total. The lowest BCUT2D eigenvalue weighted by atomic mass is 10.1. The van der Waals surface area contributed by atoms with Gasteiger partial charge in [-0.25, -0.2) is 4.79 Å². The van der Waals surface area contributed by atoms with Crippen LogP contribution in [0.1, 0.15) is 31.7 Å². The fourth-order valence-electron chi connectivity index (χ4n) is 2.62. The SMILES string of the molecule is CCCNC(=O)NC1CCN(C(=O)COc2ccc(C)cc2)CC1. The van der Waals surface area contributed by atoms with Crippen LogP contribution in [0.4, 0.5) is 4.79 Å². The Bertz CT molecular complexity index is 537. The summed E-state index contributed by atoms with van der Waals surface area (Å²) in [6.45, 7) is 6.06. The second-order valence-corrected chi connectivity index (χ2v) is 6.16. The van der Waals surface area contributed by atoms with E-state index >= 15 is 0 Å². The van der Waals surface area contributed by atoms with Crippen molar-refractivity contribution in [2.45, 2.75) is 39.2 Å². The number of hydrogen-bond donors (Lipinski definition) is 2. The van der Waals surface area contributed by atoms with Crippen molar-refractivity contribution in [3.05, 3.63) is 29.8 Å². The molecule has 0 bridgehead atoms. The Kier molecular flexibility index (Phi) is 6.90. The Balaban J connectivity index is 1.68. The van der Waals surface area contributed by atoms with Gasteiger partial charge in [-0.1, -0.05) is 24.6 Å². The zero-order valence-corrected chi connectivity index (χ0v) is 14.5. The molecule has 0 atom stereocenters. The van der Waals surface area contributed by atoms with Gasteiger partial charge in [-0.15, -0.1) is 0 Å². The molecule has 0 radical (unpaired) electrons. The normalized spacial score (nSPS) is 15.0. The Morgan fingerprint density at radius 1 is 1.21 bits per heavy atom. The van der Waals surface area contributed by atoms with Crippen LogP contribution >= 0.6 is 0 Å². The second kappa shape index (κ2) is 9.15. The van der Waals surface area contributed by atoms with Crippen molar-refractivity contribution in [3.8, 4) is 5.75 Å². The van der Waals surface area contributed by atoms with E-state index in [1.54, 1.807) is 4.90 Å². The Morgan fingerprint density at radius 2 is 1.88 bits per heavy atom. The number of benzene rings is 1. The monoisotopic (exact) mass is 333 g/mol. The number of hydrogen-bond acceptors (Lipinski definition) is 3. The van der Waals surface area contributed by atoms with Crippen molar-refractivity contribution in [2.24, 2.45) is 0 Å². The fraction of sp³-hybridized carbons (Fsp3) is 0.556. The van der Waals surface area contributed by atoms with E-state index in [1.165, 1.54) is 0 Å². The molecule has 1 aliphatic rings. The first-order valence-corrected chi connectivity index (χ1v) is 8.60. The molecule has 3 amide bonds. The van der Waals surface area contributed by atoms with Crippen molar-refractivity contribution in [1.82, 2.24) is 15.5 Å². The molecule has 1 saturated heterocycles. The highest BCUT2D eigenvalue weighted by Gasteiger charge is 2.23. The third-order valence-corrected chi connectivity index (χ3v) is 4.10. The summed E-state index contributed by atoms with van der Waals surface area (Å²) in [6.07, 6.45) is 2.47. The molecule has 1 aromatic carbocycles. The van der Waals surface area contributed by atoms with Crippen LogP contribution in [-0.4, -0.2) is 49.1 Å². The number of rotatable bonds is 6. The predicted molar refractivity (Wildman–Crippen MR) is 93.1 cm³/mol. The zero-order valence-electron chi connectivity index (χ0n) is 14.5. The zero-order chi connectivity index (χ0) is 17.4. The van der Waals surface area contributed by atoms with E-state index in [2.05, 4.69) is 10.6 Å². The molecule has 1 fully saturated rings. The van der Waals surface area contributed by atoms with Crippen LogP contribution in [0.3, 0.4) is 0 Å². The predicted octanol–water partition coefficient (Wildman–Crippen LogP) is 2.07. The number of amides is 3. The van der Waals surface area contributed by atoms with Gasteiger partial charge >= 0.3 is 6.03 Å². The molecule has 2 rings (SSSR count). The standard InChI is InChI=1S/C18H27N3O3/c1-3-10-19-18(23)20-15-8-11-21(12-9-15)17(22)13-24-16-6-4-14(2)5-7-16/h4-7,15H,3,8-13H2,1-2H3,(H2,19,20,23). The molecule has 0 unspecified atom stereocenters. The molecule has 0 aliphatic carbocycles. The molecule has 0 saturated carbocycles. The molecule has 0 spiro atoms. The minimum atomic E-state index is -0.121. The van der Waals surface area contributed by atoms with Crippen molar-refractivity contribution >= 4 is 11.9 Å². The highest BCUT2D eigenvalue weighted by atomic mass is 16.5. The van der Waals surface area contributed by atoms with E-state index in [0.717, 1.165) is 24.8 Å². The Hall–Kier alpha value is -2.24. The molecule has 1 heterocycles. The Labute approximate surface area is 143 Å². The average molecular weight is 333 g/mol. The highest BCUT2D eigenvalue weighted by molar-refractivity contribution is 5.78. The number of ether oxygens (including phenoxy) is 1. The largest absolute Gasteiger partial charge is 0.484 e. The summed E-state index contributed by atoms with van der Waals surface area (Å²) < 4.78 is 5.54. The van der Waals surface area contributed by atoms with E-state index in [4.69, 9.17) is 4.74 Å². The summed E-state index contributed by atoms with van der Waals surface area (Å²) in [7, 11) is 0. The van der Waals surface area contributed by atoms with Gasteiger partial charge in [0.1, 0.15) is 5.75 Å². The summed E-state index contributed by atoms with van der Waals surface area (Å²) in [6, 6.07) is 7.66. The minimum Gasteiger partial charge on any atom is -0.484 e. The van der Waals surface area contributed by atoms with Gasteiger partial charge in [-0.2, -0.15) is 0 Å². The summed E-state index contributed by atoms with van der Waals surface area (Å²) in [5.41, 5.74) is 1.16. The number of aryl methyl sites for hydroxylation is 1. The lowest BCUT2D eigenvalue weighted by Crippen LogP contribution is -2.49. The van der Waals surface area contributed by atoms with Crippen molar-refractivity contribution in [2.75, 3.05) is 26.2 Å². The van der Waals surface area contributed by atoms with E-state index in [0.29, 0.717) is 25.4 Å². The van der Waals surface area contributed by atoms with Crippen LogP contribution in [0, 0.1) is 6.92 Å². The molecule has 24 heavy (non-hydrogen) atoms. The second-order valence-electron chi connectivity index (χ2n) is 6.16. The molecule has 132 valence electrons. The van der Waals surface area contributed by atoms with Crippen molar-refractivity contribution < 1.29 is 14.3 Å². The van der Waals surface area contributed by atoms with Gasteiger partial charge in [-0.05, 0) is 38.3 Å². The van der Waals surface area contributed by atoms with Gasteiger partial charge < -0.3 is 20.3 Å². The number of nitrogens with one attached hydrogen (secondary N) is 2. The topological polar surface area (TPSA) is 70.7 Å². The summed E-state index contributed by atoms with van der Waals surface area (Å²) in [5.74, 6) is 0.697. The molecule has 0 aromatic heterocycles. The van der Waals surface area contributed by atoms with Crippen LogP contribution in [0.25, 0.3) is 0 Å². The highest BCUT2D eigenvalue weighted by Crippen LogP contribution is 2.13. The summed E-state index contributed by atoms with van der Waals surface area (Å²) in [5, 5.41) is 5.76. The quantitative estimate of drug-likeness (QED) is 0.837. The van der Waals surface area contributed by atoms with Gasteiger partial charge in [0.2, 0.25) is 0 Å². The first-order valence-electron chi connectivity index (χ1n) is 8.60. The lowest BCUT2D eigenvalue weighted by molar-refractivity contribution is -0.134. The van der Waals surface area contributed by atoms with Crippen LogP contribution in [0.15, 0.2) is 24.3 Å². The average Bonchev–Trinajstić information content (AvgIpc) is 2.60. The van der Waals surface area contributed by atoms with E-state index < -0.39 is 0 Å². The summed E-state index contributed by atoms with van der Waals surface area (Å²) in [4.78, 5) is 25.7. The maximum absolute atomic E-state index is 12.2. The van der Waals surface area contributed by atoms with E-state index in [9.17, 15) is 9.59 Å². The Morgan fingerprint density at radius 3 is 2.50 bits per heavy atom. The number of piperidine rings is 1. The molecular weight excluding hydrogens is 306 g/mol. The number of likely N-dealkylation sites (tertiary alicyclic amines) is 1. The number of carbonyl (C=O) groups excluding carboxylic acids is 2. The molecule has 1 aromatic rings. The van der Waals surface area contributed by atoms with Crippen LogP contribution < -0.4 is 15.4 Å². The van der Waals surface area contributed by atoms with Gasteiger partial charge in [-0.3, -0.25) is 4.79 Å². The van der Waals surface area contributed by atoms with Gasteiger partial charge in [0.25, 0.3) is 5.91 Å². The van der Waals surface area contributed by atoms with E-state index in [-0.39, 0.29) is 24.6 Å². The first kappa shape index (κ1) is 18.1. The van der Waals surface area contributed by atoms with Gasteiger partial charge in [0, 0.05) is 25.7 Å². The smallest absolute Gasteiger partial charge is 0.315 e. The maximum atomic E-state index is 12.2. The number of carbonyl (C=O) groups is 2. The van der Waals surface area contributed by atoms with Gasteiger partial charge in [0.15, 0.2) is 6.61 Å². The van der Waals surface area contributed by atoms with Crippen molar-refractivity contribution in [3.63, 3.8) is 0 Å². The van der Waals surface area contributed by atoms with Crippen LogP contribution in [0.5, 0.6) is 5.75 Å². The van der Waals surface area contributed by atoms with Crippen LogP contribution in [0.2, 0.25) is 0 Å². The molecule has 1 aliphatic heterocycles. The molecule has 2 N–H and O–H groups in total. The van der Waals surface area contributed by atoms with Crippen LogP contribution in [-0.2, 0) is 4.79 Å².